The molecule has 0 saturated carbocycles. The Hall–Kier alpha value is -1.52. The topological polar surface area (TPSA) is 79.1 Å². The Kier molecular flexibility index (Phi) is 3.93. The summed E-state index contributed by atoms with van der Waals surface area (Å²) in [5.74, 6) is -0.970. The summed E-state index contributed by atoms with van der Waals surface area (Å²) in [5, 5.41) is 9.77. The van der Waals surface area contributed by atoms with E-state index >= 15 is 0 Å². The van der Waals surface area contributed by atoms with Crippen molar-refractivity contribution in [2.24, 2.45) is 5.73 Å². The van der Waals surface area contributed by atoms with Crippen molar-refractivity contribution in [3.63, 3.8) is 0 Å². The maximum atomic E-state index is 10.6. The molecule has 0 aliphatic rings. The standard InChI is InChI=1S/C11H12N2O2.ClH/c12-9(11(14)15)6-7-2-1-3-10-8(7)4-5-13-10;/h1-5,9,13H,6,12H2,(H,14,15);1H/t9-;/m1./s1. The number of nitrogens with one attached hydrogen (secondary N) is 1. The number of rotatable bonds is 3. The quantitative estimate of drug-likeness (QED) is 0.762. The van der Waals surface area contributed by atoms with Gasteiger partial charge in [0, 0.05) is 17.1 Å². The molecule has 5 heteroatoms. The first kappa shape index (κ1) is 12.5. The van der Waals surface area contributed by atoms with E-state index in [1.165, 1.54) is 0 Å². The van der Waals surface area contributed by atoms with Crippen LogP contribution in [0.5, 0.6) is 0 Å². The van der Waals surface area contributed by atoms with Crippen LogP contribution in [0.1, 0.15) is 5.56 Å². The van der Waals surface area contributed by atoms with E-state index in [0.717, 1.165) is 16.5 Å². The number of halogens is 1. The van der Waals surface area contributed by atoms with E-state index in [2.05, 4.69) is 4.98 Å². The molecule has 4 nitrogen and oxygen atoms in total. The van der Waals surface area contributed by atoms with Gasteiger partial charge in [-0.05, 0) is 24.1 Å². The number of aromatic amines is 1. The third kappa shape index (κ3) is 2.35. The summed E-state index contributed by atoms with van der Waals surface area (Å²) in [6.45, 7) is 0. The van der Waals surface area contributed by atoms with E-state index in [0.29, 0.717) is 6.42 Å². The number of hydrogen-bond donors (Lipinski definition) is 3. The highest BCUT2D eigenvalue weighted by Crippen LogP contribution is 2.18. The van der Waals surface area contributed by atoms with Crippen LogP contribution in [-0.4, -0.2) is 22.1 Å². The van der Waals surface area contributed by atoms with E-state index in [4.69, 9.17) is 10.8 Å². The maximum absolute atomic E-state index is 10.6. The summed E-state index contributed by atoms with van der Waals surface area (Å²) in [7, 11) is 0. The zero-order valence-electron chi connectivity index (χ0n) is 8.51. The van der Waals surface area contributed by atoms with Gasteiger partial charge >= 0.3 is 5.97 Å². The van der Waals surface area contributed by atoms with Gasteiger partial charge in [0.25, 0.3) is 0 Å². The van der Waals surface area contributed by atoms with Gasteiger partial charge in [-0.1, -0.05) is 12.1 Å². The molecular formula is C11H13ClN2O2. The highest BCUT2D eigenvalue weighted by atomic mass is 35.5. The van der Waals surface area contributed by atoms with Gasteiger partial charge in [-0.25, -0.2) is 0 Å². The van der Waals surface area contributed by atoms with Crippen LogP contribution in [0, 0.1) is 0 Å². The average molecular weight is 241 g/mol. The number of aromatic nitrogens is 1. The predicted molar refractivity (Wildman–Crippen MR) is 64.9 cm³/mol. The Labute approximate surface area is 98.9 Å². The third-order valence-corrected chi connectivity index (χ3v) is 2.44. The molecule has 1 aromatic carbocycles. The van der Waals surface area contributed by atoms with Crippen LogP contribution >= 0.6 is 12.4 Å². The Morgan fingerprint density at radius 1 is 1.44 bits per heavy atom. The smallest absolute Gasteiger partial charge is 0.320 e. The molecule has 0 radical (unpaired) electrons. The number of nitrogens with two attached hydrogens (primary N) is 1. The van der Waals surface area contributed by atoms with Gasteiger partial charge in [0.15, 0.2) is 0 Å². The number of H-pyrrole nitrogens is 1. The fourth-order valence-electron chi connectivity index (χ4n) is 1.65. The summed E-state index contributed by atoms with van der Waals surface area (Å²) >= 11 is 0. The number of carboxylic acids is 1. The minimum atomic E-state index is -0.970. The molecule has 0 bridgehead atoms. The molecule has 4 N–H and O–H groups in total. The normalized spacial score (nSPS) is 12.1. The van der Waals surface area contributed by atoms with Crippen molar-refractivity contribution in [3.8, 4) is 0 Å². The van der Waals surface area contributed by atoms with Gasteiger partial charge in [-0.15, -0.1) is 12.4 Å². The molecule has 1 atom stereocenters. The van der Waals surface area contributed by atoms with Crippen LogP contribution in [0.4, 0.5) is 0 Å². The molecule has 2 rings (SSSR count). The monoisotopic (exact) mass is 240 g/mol. The molecule has 0 fully saturated rings. The first-order chi connectivity index (χ1) is 7.18. The molecule has 1 aromatic heterocycles. The van der Waals surface area contributed by atoms with Crippen molar-refractivity contribution in [1.82, 2.24) is 4.98 Å². The third-order valence-electron chi connectivity index (χ3n) is 2.44. The fourth-order valence-corrected chi connectivity index (χ4v) is 1.65. The SMILES string of the molecule is Cl.N[C@H](Cc1cccc2[nH]ccc12)C(=O)O. The first-order valence-electron chi connectivity index (χ1n) is 4.72. The molecule has 0 spiro atoms. The minimum Gasteiger partial charge on any atom is -0.480 e. The van der Waals surface area contributed by atoms with Gasteiger partial charge < -0.3 is 15.8 Å². The van der Waals surface area contributed by atoms with Gasteiger partial charge in [-0.3, -0.25) is 4.79 Å². The van der Waals surface area contributed by atoms with Crippen LogP contribution < -0.4 is 5.73 Å². The van der Waals surface area contributed by atoms with Gasteiger partial charge in [0.05, 0.1) is 0 Å². The minimum absolute atomic E-state index is 0. The second kappa shape index (κ2) is 5.01. The molecule has 0 saturated heterocycles. The van der Waals surface area contributed by atoms with Crippen molar-refractivity contribution in [1.29, 1.82) is 0 Å². The lowest BCUT2D eigenvalue weighted by Crippen LogP contribution is -2.32. The number of carboxylic acid groups (broad SMARTS) is 1. The van der Waals surface area contributed by atoms with E-state index in [9.17, 15) is 4.79 Å². The Morgan fingerprint density at radius 2 is 2.19 bits per heavy atom. The molecular weight excluding hydrogens is 228 g/mol. The lowest BCUT2D eigenvalue weighted by molar-refractivity contribution is -0.138. The predicted octanol–water partition coefficient (Wildman–Crippen LogP) is 1.54. The summed E-state index contributed by atoms with van der Waals surface area (Å²) in [5.41, 5.74) is 7.46. The Morgan fingerprint density at radius 3 is 2.88 bits per heavy atom. The second-order valence-corrected chi connectivity index (χ2v) is 3.50. The van der Waals surface area contributed by atoms with E-state index < -0.39 is 12.0 Å². The Balaban J connectivity index is 0.00000128. The highest BCUT2D eigenvalue weighted by molar-refractivity contribution is 5.85. The van der Waals surface area contributed by atoms with Crippen LogP contribution in [0.2, 0.25) is 0 Å². The summed E-state index contributed by atoms with van der Waals surface area (Å²) in [4.78, 5) is 13.7. The van der Waals surface area contributed by atoms with Crippen molar-refractivity contribution in [3.05, 3.63) is 36.0 Å². The lowest BCUT2D eigenvalue weighted by Gasteiger charge is -2.07. The average Bonchev–Trinajstić information content (AvgIpc) is 2.66. The number of carbonyl (C=O) groups is 1. The zero-order chi connectivity index (χ0) is 10.8. The molecule has 0 aliphatic heterocycles. The largest absolute Gasteiger partial charge is 0.480 e. The lowest BCUT2D eigenvalue weighted by atomic mass is 10.0. The van der Waals surface area contributed by atoms with Crippen molar-refractivity contribution < 1.29 is 9.90 Å². The van der Waals surface area contributed by atoms with Crippen molar-refractivity contribution in [2.45, 2.75) is 12.5 Å². The molecule has 16 heavy (non-hydrogen) atoms. The summed E-state index contributed by atoms with van der Waals surface area (Å²) in [6.07, 6.45) is 2.19. The van der Waals surface area contributed by atoms with Crippen molar-refractivity contribution >= 4 is 29.3 Å². The summed E-state index contributed by atoms with van der Waals surface area (Å²) in [6, 6.07) is 6.83. The van der Waals surface area contributed by atoms with Crippen LogP contribution in [-0.2, 0) is 11.2 Å². The number of benzene rings is 1. The first-order valence-corrected chi connectivity index (χ1v) is 4.72. The second-order valence-electron chi connectivity index (χ2n) is 3.50. The molecule has 0 unspecified atom stereocenters. The van der Waals surface area contributed by atoms with Gasteiger partial charge in [0.2, 0.25) is 0 Å². The number of aliphatic carboxylic acids is 1. The number of fused-ring (bicyclic) bond motifs is 1. The maximum Gasteiger partial charge on any atom is 0.320 e. The van der Waals surface area contributed by atoms with E-state index in [1.807, 2.05) is 30.5 Å². The fraction of sp³-hybridized carbons (Fsp3) is 0.182. The van der Waals surface area contributed by atoms with Crippen molar-refractivity contribution in [2.75, 3.05) is 0 Å². The molecule has 0 aliphatic carbocycles. The van der Waals surface area contributed by atoms with Crippen LogP contribution in [0.3, 0.4) is 0 Å². The molecule has 1 heterocycles. The Bertz CT molecular complexity index is 495. The zero-order valence-corrected chi connectivity index (χ0v) is 9.33. The molecule has 2 aromatic rings. The van der Waals surface area contributed by atoms with Crippen LogP contribution in [0.15, 0.2) is 30.5 Å². The summed E-state index contributed by atoms with van der Waals surface area (Å²) < 4.78 is 0. The van der Waals surface area contributed by atoms with Gasteiger partial charge in [-0.2, -0.15) is 0 Å². The highest BCUT2D eigenvalue weighted by Gasteiger charge is 2.13. The molecule has 86 valence electrons. The van der Waals surface area contributed by atoms with Gasteiger partial charge in [0.1, 0.15) is 6.04 Å². The molecule has 0 amide bonds. The number of hydrogen-bond acceptors (Lipinski definition) is 2. The van der Waals surface area contributed by atoms with Crippen LogP contribution in [0.25, 0.3) is 10.9 Å². The van der Waals surface area contributed by atoms with E-state index in [-0.39, 0.29) is 12.4 Å². The van der Waals surface area contributed by atoms with E-state index in [1.54, 1.807) is 0 Å².